The first-order valence-corrected chi connectivity index (χ1v) is 9.36. The Morgan fingerprint density at radius 1 is 1.54 bits per heavy atom. The smallest absolute Gasteiger partial charge is 0.186 e. The molecule has 1 aromatic carbocycles. The lowest BCUT2D eigenvalue weighted by Crippen LogP contribution is -2.48. The van der Waals surface area contributed by atoms with Crippen molar-refractivity contribution in [2.24, 2.45) is 0 Å². The molecule has 128 valence electrons. The van der Waals surface area contributed by atoms with Crippen LogP contribution in [-0.4, -0.2) is 43.2 Å². The number of hydrogen-bond donors (Lipinski definition) is 0. The van der Waals surface area contributed by atoms with Crippen molar-refractivity contribution in [2.45, 2.75) is 19.9 Å². The molecule has 1 aliphatic rings. The SMILES string of the molecule is CC(=O)c1sc(N2CCOC[C@@H]2COc2cccc(Br)c2)nc1C. The molecule has 0 saturated carbocycles. The predicted octanol–water partition coefficient (Wildman–Crippen LogP) is 3.70. The Morgan fingerprint density at radius 3 is 3.08 bits per heavy atom. The Kier molecular flexibility index (Phi) is 5.53. The number of aromatic nitrogens is 1. The Hall–Kier alpha value is -1.44. The van der Waals surface area contributed by atoms with E-state index in [-0.39, 0.29) is 11.8 Å². The highest BCUT2D eigenvalue weighted by molar-refractivity contribution is 9.10. The largest absolute Gasteiger partial charge is 0.491 e. The van der Waals surface area contributed by atoms with Crippen LogP contribution in [0.5, 0.6) is 5.75 Å². The van der Waals surface area contributed by atoms with Crippen molar-refractivity contribution < 1.29 is 14.3 Å². The molecule has 0 bridgehead atoms. The van der Waals surface area contributed by atoms with Crippen LogP contribution in [-0.2, 0) is 4.74 Å². The second-order valence-electron chi connectivity index (χ2n) is 5.66. The maximum atomic E-state index is 11.7. The second-order valence-corrected chi connectivity index (χ2v) is 7.55. The summed E-state index contributed by atoms with van der Waals surface area (Å²) in [6.07, 6.45) is 0. The average molecular weight is 411 g/mol. The number of rotatable bonds is 5. The first kappa shape index (κ1) is 17.4. The predicted molar refractivity (Wildman–Crippen MR) is 98.4 cm³/mol. The van der Waals surface area contributed by atoms with Gasteiger partial charge in [0, 0.05) is 17.9 Å². The topological polar surface area (TPSA) is 51.7 Å². The third-order valence-corrected chi connectivity index (χ3v) is 5.61. The van der Waals surface area contributed by atoms with Gasteiger partial charge in [0.05, 0.1) is 29.8 Å². The van der Waals surface area contributed by atoms with E-state index in [1.165, 1.54) is 11.3 Å². The maximum Gasteiger partial charge on any atom is 0.186 e. The highest BCUT2D eigenvalue weighted by atomic mass is 79.9. The van der Waals surface area contributed by atoms with Gasteiger partial charge in [-0.2, -0.15) is 0 Å². The van der Waals surface area contributed by atoms with E-state index >= 15 is 0 Å². The van der Waals surface area contributed by atoms with Crippen molar-refractivity contribution in [3.05, 3.63) is 39.3 Å². The minimum absolute atomic E-state index is 0.0615. The van der Waals surface area contributed by atoms with Crippen molar-refractivity contribution in [3.63, 3.8) is 0 Å². The Morgan fingerprint density at radius 2 is 2.38 bits per heavy atom. The van der Waals surface area contributed by atoms with E-state index < -0.39 is 0 Å². The fourth-order valence-electron chi connectivity index (χ4n) is 2.63. The molecule has 1 aromatic heterocycles. The van der Waals surface area contributed by atoms with Gasteiger partial charge in [-0.25, -0.2) is 4.98 Å². The first-order valence-electron chi connectivity index (χ1n) is 7.75. The van der Waals surface area contributed by atoms with E-state index in [0.29, 0.717) is 19.8 Å². The molecule has 5 nitrogen and oxygen atoms in total. The molecule has 0 N–H and O–H groups in total. The quantitative estimate of drug-likeness (QED) is 0.703. The van der Waals surface area contributed by atoms with Crippen LogP contribution in [0.3, 0.4) is 0 Å². The van der Waals surface area contributed by atoms with E-state index in [1.807, 2.05) is 31.2 Å². The molecule has 1 aliphatic heterocycles. The number of ether oxygens (including phenoxy) is 2. The Bertz CT molecular complexity index is 734. The van der Waals surface area contributed by atoms with Crippen molar-refractivity contribution in [1.82, 2.24) is 4.98 Å². The molecule has 7 heteroatoms. The Labute approximate surface area is 153 Å². The van der Waals surface area contributed by atoms with Gasteiger partial charge in [0.2, 0.25) is 0 Å². The summed E-state index contributed by atoms with van der Waals surface area (Å²) in [6.45, 7) is 5.95. The summed E-state index contributed by atoms with van der Waals surface area (Å²) >= 11 is 4.89. The van der Waals surface area contributed by atoms with Gasteiger partial charge in [0.25, 0.3) is 0 Å². The molecule has 0 radical (unpaired) electrons. The number of nitrogens with zero attached hydrogens (tertiary/aromatic N) is 2. The molecule has 2 heterocycles. The number of morpholine rings is 1. The second kappa shape index (κ2) is 7.63. The summed E-state index contributed by atoms with van der Waals surface area (Å²) in [6, 6.07) is 7.85. The molecular formula is C17H19BrN2O3S. The molecule has 0 unspecified atom stereocenters. The first-order chi connectivity index (χ1) is 11.5. The van der Waals surface area contributed by atoms with Crippen LogP contribution in [0.4, 0.5) is 5.13 Å². The molecule has 0 spiro atoms. The van der Waals surface area contributed by atoms with Crippen LogP contribution in [0.1, 0.15) is 22.3 Å². The maximum absolute atomic E-state index is 11.7. The van der Waals surface area contributed by atoms with Gasteiger partial charge in [-0.1, -0.05) is 33.3 Å². The van der Waals surface area contributed by atoms with Crippen LogP contribution in [0.15, 0.2) is 28.7 Å². The van der Waals surface area contributed by atoms with E-state index in [0.717, 1.165) is 32.5 Å². The minimum atomic E-state index is 0.0615. The monoisotopic (exact) mass is 410 g/mol. The molecule has 0 amide bonds. The van der Waals surface area contributed by atoms with Gasteiger partial charge < -0.3 is 14.4 Å². The van der Waals surface area contributed by atoms with Crippen LogP contribution in [0.2, 0.25) is 0 Å². The molecular weight excluding hydrogens is 392 g/mol. The summed E-state index contributed by atoms with van der Waals surface area (Å²) in [4.78, 5) is 19.2. The number of ketones is 1. The lowest BCUT2D eigenvalue weighted by molar-refractivity contribution is 0.0769. The summed E-state index contributed by atoms with van der Waals surface area (Å²) < 4.78 is 12.5. The van der Waals surface area contributed by atoms with E-state index in [1.54, 1.807) is 6.92 Å². The molecule has 1 saturated heterocycles. The van der Waals surface area contributed by atoms with Crippen molar-refractivity contribution in [3.8, 4) is 5.75 Å². The summed E-state index contributed by atoms with van der Waals surface area (Å²) in [5.74, 6) is 0.876. The van der Waals surface area contributed by atoms with Crippen LogP contribution in [0, 0.1) is 6.92 Å². The van der Waals surface area contributed by atoms with Gasteiger partial charge in [0.1, 0.15) is 12.4 Å². The average Bonchev–Trinajstić information content (AvgIpc) is 2.95. The lowest BCUT2D eigenvalue weighted by Gasteiger charge is -2.35. The van der Waals surface area contributed by atoms with Gasteiger partial charge in [-0.15, -0.1) is 0 Å². The number of aryl methyl sites for hydroxylation is 1. The number of Topliss-reactive ketones (excluding diaryl/α,β-unsaturated/α-hetero) is 1. The van der Waals surface area contributed by atoms with Gasteiger partial charge in [0.15, 0.2) is 10.9 Å². The van der Waals surface area contributed by atoms with Gasteiger partial charge in [-0.3, -0.25) is 4.79 Å². The standard InChI is InChI=1S/C17H19BrN2O3S/c1-11-16(12(2)21)24-17(19-11)20-6-7-22-9-14(20)10-23-15-5-3-4-13(18)8-15/h3-5,8,14H,6-7,9-10H2,1-2H3/t14-/m1/s1. The normalized spacial score (nSPS) is 17.8. The molecule has 24 heavy (non-hydrogen) atoms. The summed E-state index contributed by atoms with van der Waals surface area (Å²) in [7, 11) is 0. The molecule has 3 rings (SSSR count). The highest BCUT2D eigenvalue weighted by Gasteiger charge is 2.27. The van der Waals surface area contributed by atoms with Crippen LogP contribution >= 0.6 is 27.3 Å². The molecule has 1 atom stereocenters. The zero-order valence-electron chi connectivity index (χ0n) is 13.6. The van der Waals surface area contributed by atoms with E-state index in [4.69, 9.17) is 9.47 Å². The summed E-state index contributed by atoms with van der Waals surface area (Å²) in [5, 5.41) is 0.865. The fraction of sp³-hybridized carbons (Fsp3) is 0.412. The fourth-order valence-corrected chi connectivity index (χ4v) is 4.06. The zero-order valence-corrected chi connectivity index (χ0v) is 16.0. The number of halogens is 1. The third kappa shape index (κ3) is 3.96. The van der Waals surface area contributed by atoms with Crippen molar-refractivity contribution in [1.29, 1.82) is 0 Å². The number of carbonyl (C=O) groups excluding carboxylic acids is 1. The lowest BCUT2D eigenvalue weighted by atomic mass is 10.2. The van der Waals surface area contributed by atoms with E-state index in [9.17, 15) is 4.79 Å². The van der Waals surface area contributed by atoms with E-state index in [2.05, 4.69) is 25.8 Å². The number of thiazole rings is 1. The number of carbonyl (C=O) groups is 1. The number of hydrogen-bond acceptors (Lipinski definition) is 6. The molecule has 1 fully saturated rings. The molecule has 2 aromatic rings. The van der Waals surface area contributed by atoms with Crippen molar-refractivity contribution in [2.75, 3.05) is 31.3 Å². The van der Waals surface area contributed by atoms with Gasteiger partial charge >= 0.3 is 0 Å². The van der Waals surface area contributed by atoms with Crippen LogP contribution in [0.25, 0.3) is 0 Å². The van der Waals surface area contributed by atoms with Crippen molar-refractivity contribution >= 4 is 38.2 Å². The Balaban J connectivity index is 1.73. The number of anilines is 1. The minimum Gasteiger partial charge on any atom is -0.491 e. The molecule has 0 aliphatic carbocycles. The zero-order chi connectivity index (χ0) is 17.1. The highest BCUT2D eigenvalue weighted by Crippen LogP contribution is 2.29. The number of benzene rings is 1. The van der Waals surface area contributed by atoms with Gasteiger partial charge in [-0.05, 0) is 25.1 Å². The third-order valence-electron chi connectivity index (χ3n) is 3.82. The summed E-state index contributed by atoms with van der Waals surface area (Å²) in [5.41, 5.74) is 0.792. The van der Waals surface area contributed by atoms with Crippen LogP contribution < -0.4 is 9.64 Å².